The molecule has 4 atom stereocenters. The van der Waals surface area contributed by atoms with Crippen LogP contribution in [0, 0.1) is 35.0 Å². The van der Waals surface area contributed by atoms with Crippen molar-refractivity contribution >= 4 is 0 Å². The molecule has 0 radical (unpaired) electrons. The van der Waals surface area contributed by atoms with E-state index >= 15 is 0 Å². The van der Waals surface area contributed by atoms with E-state index in [2.05, 4.69) is 48.5 Å². The Labute approximate surface area is 116 Å². The lowest BCUT2D eigenvalue weighted by Gasteiger charge is -2.34. The lowest BCUT2D eigenvalue weighted by Crippen LogP contribution is -2.26. The molecule has 0 aliphatic heterocycles. The minimum atomic E-state index is 0.586. The van der Waals surface area contributed by atoms with E-state index < -0.39 is 0 Å². The van der Waals surface area contributed by atoms with E-state index in [9.17, 15) is 0 Å². The van der Waals surface area contributed by atoms with Gasteiger partial charge in [-0.15, -0.1) is 0 Å². The molecule has 0 heterocycles. The Bertz CT molecular complexity index is 240. The van der Waals surface area contributed by atoms with Gasteiger partial charge < -0.3 is 0 Å². The van der Waals surface area contributed by atoms with E-state index in [0.717, 1.165) is 29.6 Å². The maximum absolute atomic E-state index is 2.55. The van der Waals surface area contributed by atoms with E-state index in [4.69, 9.17) is 0 Å². The van der Waals surface area contributed by atoms with Gasteiger partial charge in [0, 0.05) is 0 Å². The first-order valence-electron chi connectivity index (χ1n) is 8.38. The first-order valence-corrected chi connectivity index (χ1v) is 8.38. The van der Waals surface area contributed by atoms with Crippen LogP contribution in [0.15, 0.2) is 0 Å². The summed E-state index contributed by atoms with van der Waals surface area (Å²) in [5.41, 5.74) is 0.586. The molecule has 0 N–H and O–H groups in total. The molecule has 0 aromatic rings. The summed E-state index contributed by atoms with van der Waals surface area (Å²) in [4.78, 5) is 0. The van der Waals surface area contributed by atoms with Crippen LogP contribution in [0.4, 0.5) is 0 Å². The Balaban J connectivity index is 2.55. The molecule has 108 valence electrons. The number of rotatable bonds is 8. The third kappa shape index (κ3) is 3.31. The van der Waals surface area contributed by atoms with Crippen molar-refractivity contribution in [3.05, 3.63) is 0 Å². The summed E-state index contributed by atoms with van der Waals surface area (Å²) in [6.07, 6.45) is 7.12. The van der Waals surface area contributed by atoms with Gasteiger partial charge in [-0.25, -0.2) is 0 Å². The minimum absolute atomic E-state index is 0.586. The van der Waals surface area contributed by atoms with Gasteiger partial charge in [0.15, 0.2) is 0 Å². The van der Waals surface area contributed by atoms with Crippen molar-refractivity contribution in [3.63, 3.8) is 0 Å². The third-order valence-electron chi connectivity index (χ3n) is 5.96. The number of hydrogen-bond acceptors (Lipinski definition) is 0. The molecular formula is C18H36. The van der Waals surface area contributed by atoms with Crippen LogP contribution in [0.3, 0.4) is 0 Å². The Morgan fingerprint density at radius 1 is 1.00 bits per heavy atom. The van der Waals surface area contributed by atoms with Crippen LogP contribution in [0.25, 0.3) is 0 Å². The average molecular weight is 252 g/mol. The highest BCUT2D eigenvalue weighted by molar-refractivity contribution is 5.05. The molecule has 0 saturated heterocycles. The van der Waals surface area contributed by atoms with E-state index in [1.54, 1.807) is 0 Å². The predicted molar refractivity (Wildman–Crippen MR) is 82.7 cm³/mol. The molecule has 0 bridgehead atoms. The minimum Gasteiger partial charge on any atom is -0.0651 e. The summed E-state index contributed by atoms with van der Waals surface area (Å²) >= 11 is 0. The lowest BCUT2D eigenvalue weighted by atomic mass is 9.71. The summed E-state index contributed by atoms with van der Waals surface area (Å²) in [5, 5.41) is 0. The Hall–Kier alpha value is 0. The van der Waals surface area contributed by atoms with Crippen molar-refractivity contribution in [2.45, 2.75) is 80.6 Å². The first kappa shape index (κ1) is 16.1. The van der Waals surface area contributed by atoms with E-state index in [0.29, 0.717) is 5.41 Å². The van der Waals surface area contributed by atoms with Gasteiger partial charge >= 0.3 is 0 Å². The molecule has 1 fully saturated rings. The smallest absolute Gasteiger partial charge is 0.0272 e. The summed E-state index contributed by atoms with van der Waals surface area (Å²) in [5.74, 6) is 4.80. The van der Waals surface area contributed by atoms with Gasteiger partial charge in [-0.05, 0) is 41.4 Å². The van der Waals surface area contributed by atoms with Crippen molar-refractivity contribution < 1.29 is 0 Å². The fraction of sp³-hybridized carbons (Fsp3) is 1.00. The number of hydrogen-bond donors (Lipinski definition) is 0. The van der Waals surface area contributed by atoms with Gasteiger partial charge in [0.2, 0.25) is 0 Å². The molecule has 0 nitrogen and oxygen atoms in total. The second-order valence-electron chi connectivity index (χ2n) is 7.60. The molecule has 0 aromatic heterocycles. The second-order valence-corrected chi connectivity index (χ2v) is 7.60. The van der Waals surface area contributed by atoms with Crippen LogP contribution < -0.4 is 0 Å². The molecule has 0 aromatic carbocycles. The van der Waals surface area contributed by atoms with Crippen LogP contribution >= 0.6 is 0 Å². The first-order chi connectivity index (χ1) is 8.38. The zero-order valence-corrected chi connectivity index (χ0v) is 13.9. The Morgan fingerprint density at radius 2 is 1.61 bits per heavy atom. The zero-order chi connectivity index (χ0) is 13.9. The van der Waals surface area contributed by atoms with Gasteiger partial charge in [-0.3, -0.25) is 0 Å². The molecule has 1 aliphatic rings. The molecule has 4 unspecified atom stereocenters. The molecule has 0 spiro atoms. The maximum atomic E-state index is 2.55. The lowest BCUT2D eigenvalue weighted by molar-refractivity contribution is 0.151. The average Bonchev–Trinajstić information content (AvgIpc) is 3.01. The van der Waals surface area contributed by atoms with Crippen LogP contribution in [-0.2, 0) is 0 Å². The van der Waals surface area contributed by atoms with Crippen LogP contribution in [0.1, 0.15) is 80.6 Å². The van der Waals surface area contributed by atoms with E-state index in [-0.39, 0.29) is 0 Å². The highest BCUT2D eigenvalue weighted by Crippen LogP contribution is 2.63. The normalized spacial score (nSPS) is 30.8. The highest BCUT2D eigenvalue weighted by atomic mass is 14.6. The van der Waals surface area contributed by atoms with E-state index in [1.165, 1.54) is 32.1 Å². The summed E-state index contributed by atoms with van der Waals surface area (Å²) in [7, 11) is 0. The second kappa shape index (κ2) is 6.44. The molecule has 1 rings (SSSR count). The SMILES string of the molecule is CCC1C(CCCC(C)C)C1C(C)(CC)C(C)C. The molecule has 18 heavy (non-hydrogen) atoms. The molecule has 0 amide bonds. The Kier molecular flexibility index (Phi) is 5.74. The van der Waals surface area contributed by atoms with Crippen molar-refractivity contribution in [1.29, 1.82) is 0 Å². The van der Waals surface area contributed by atoms with Gasteiger partial charge in [0.05, 0.1) is 0 Å². The zero-order valence-electron chi connectivity index (χ0n) is 13.9. The fourth-order valence-electron chi connectivity index (χ4n) is 4.16. The quantitative estimate of drug-likeness (QED) is 0.485. The topological polar surface area (TPSA) is 0 Å². The Morgan fingerprint density at radius 3 is 2.00 bits per heavy atom. The van der Waals surface area contributed by atoms with Gasteiger partial charge in [-0.2, -0.15) is 0 Å². The van der Waals surface area contributed by atoms with Crippen molar-refractivity contribution in [2.75, 3.05) is 0 Å². The summed E-state index contributed by atoms with van der Waals surface area (Å²) in [6.45, 7) is 16.9. The molecule has 1 aliphatic carbocycles. The summed E-state index contributed by atoms with van der Waals surface area (Å²) in [6, 6.07) is 0. The largest absolute Gasteiger partial charge is 0.0651 e. The van der Waals surface area contributed by atoms with Crippen molar-refractivity contribution in [1.82, 2.24) is 0 Å². The molecule has 0 heteroatoms. The van der Waals surface area contributed by atoms with Crippen molar-refractivity contribution in [2.24, 2.45) is 35.0 Å². The van der Waals surface area contributed by atoms with Crippen LogP contribution in [0.2, 0.25) is 0 Å². The fourth-order valence-corrected chi connectivity index (χ4v) is 4.16. The molecular weight excluding hydrogens is 216 g/mol. The highest BCUT2D eigenvalue weighted by Gasteiger charge is 2.57. The van der Waals surface area contributed by atoms with Gasteiger partial charge in [-0.1, -0.05) is 74.1 Å². The van der Waals surface area contributed by atoms with Crippen LogP contribution in [0.5, 0.6) is 0 Å². The van der Waals surface area contributed by atoms with Crippen LogP contribution in [-0.4, -0.2) is 0 Å². The maximum Gasteiger partial charge on any atom is -0.0272 e. The van der Waals surface area contributed by atoms with E-state index in [1.807, 2.05) is 0 Å². The predicted octanol–water partition coefficient (Wildman–Crippen LogP) is 6.16. The van der Waals surface area contributed by atoms with Gasteiger partial charge in [0.25, 0.3) is 0 Å². The van der Waals surface area contributed by atoms with Gasteiger partial charge in [0.1, 0.15) is 0 Å². The van der Waals surface area contributed by atoms with Crippen molar-refractivity contribution in [3.8, 4) is 0 Å². The summed E-state index contributed by atoms with van der Waals surface area (Å²) < 4.78 is 0. The standard InChI is InChI=1S/C18H36/c1-8-15-16(12-10-11-13(3)4)17(15)18(7,9-2)14(5)6/h13-17H,8-12H2,1-7H3. The monoisotopic (exact) mass is 252 g/mol. The molecule has 1 saturated carbocycles. The third-order valence-corrected chi connectivity index (χ3v) is 5.96.